The van der Waals surface area contributed by atoms with Crippen LogP contribution in [0.2, 0.25) is 0 Å². The third-order valence-corrected chi connectivity index (χ3v) is 2.11. The monoisotopic (exact) mass is 201 g/mol. The fraction of sp³-hybridized carbons (Fsp3) is 1.00. The van der Waals surface area contributed by atoms with Gasteiger partial charge in [-0.1, -0.05) is 0 Å². The lowest BCUT2D eigenvalue weighted by Crippen LogP contribution is -2.52. The van der Waals surface area contributed by atoms with Crippen molar-refractivity contribution in [2.45, 2.75) is 51.9 Å². The van der Waals surface area contributed by atoms with E-state index < -0.39 is 0 Å². The molecule has 1 rings (SSSR count). The molecule has 84 valence electrons. The van der Waals surface area contributed by atoms with Crippen molar-refractivity contribution >= 4 is 0 Å². The van der Waals surface area contributed by atoms with Gasteiger partial charge in [0.15, 0.2) is 0 Å². The highest BCUT2D eigenvalue weighted by Crippen LogP contribution is 2.17. The number of hydrogen-bond donors (Lipinski definition) is 1. The molecule has 0 aromatic carbocycles. The van der Waals surface area contributed by atoms with E-state index in [-0.39, 0.29) is 17.3 Å². The first-order valence-corrected chi connectivity index (χ1v) is 5.31. The van der Waals surface area contributed by atoms with Crippen LogP contribution in [0.5, 0.6) is 0 Å². The molecule has 1 saturated heterocycles. The van der Waals surface area contributed by atoms with Crippen molar-refractivity contribution in [2.75, 3.05) is 19.7 Å². The number of ether oxygens (including phenoxy) is 2. The Balaban J connectivity index is 2.32. The fourth-order valence-electron chi connectivity index (χ4n) is 1.50. The van der Waals surface area contributed by atoms with Crippen LogP contribution in [0, 0.1) is 0 Å². The van der Waals surface area contributed by atoms with Crippen LogP contribution in [0.15, 0.2) is 0 Å². The summed E-state index contributed by atoms with van der Waals surface area (Å²) in [6.07, 6.45) is 0.179. The molecule has 1 fully saturated rings. The van der Waals surface area contributed by atoms with E-state index in [0.29, 0.717) is 6.61 Å². The molecule has 0 aromatic rings. The van der Waals surface area contributed by atoms with E-state index >= 15 is 0 Å². The summed E-state index contributed by atoms with van der Waals surface area (Å²) in [5.74, 6) is 0. The van der Waals surface area contributed by atoms with Crippen LogP contribution in [-0.2, 0) is 9.47 Å². The molecule has 0 radical (unpaired) electrons. The highest BCUT2D eigenvalue weighted by Gasteiger charge is 2.29. The van der Waals surface area contributed by atoms with Gasteiger partial charge < -0.3 is 14.8 Å². The van der Waals surface area contributed by atoms with E-state index in [1.54, 1.807) is 0 Å². The Morgan fingerprint density at radius 1 is 1.43 bits per heavy atom. The molecule has 0 bridgehead atoms. The van der Waals surface area contributed by atoms with E-state index in [1.807, 2.05) is 0 Å². The zero-order chi connectivity index (χ0) is 10.8. The van der Waals surface area contributed by atoms with Gasteiger partial charge in [0.1, 0.15) is 0 Å². The number of hydrogen-bond acceptors (Lipinski definition) is 3. The van der Waals surface area contributed by atoms with Gasteiger partial charge in [-0.25, -0.2) is 0 Å². The molecule has 0 aliphatic carbocycles. The van der Waals surface area contributed by atoms with Crippen LogP contribution in [0.1, 0.15) is 34.6 Å². The Kier molecular flexibility index (Phi) is 3.56. The van der Waals surface area contributed by atoms with E-state index in [2.05, 4.69) is 39.9 Å². The minimum Gasteiger partial charge on any atom is -0.373 e. The average Bonchev–Trinajstić information content (AvgIpc) is 1.98. The van der Waals surface area contributed by atoms with Crippen molar-refractivity contribution in [3.63, 3.8) is 0 Å². The minimum absolute atomic E-state index is 0.0653. The smallest absolute Gasteiger partial charge is 0.0940 e. The van der Waals surface area contributed by atoms with Crippen LogP contribution < -0.4 is 5.32 Å². The van der Waals surface area contributed by atoms with E-state index in [4.69, 9.17) is 9.47 Å². The summed E-state index contributed by atoms with van der Waals surface area (Å²) in [5.41, 5.74) is -0.144. The third-order valence-electron chi connectivity index (χ3n) is 2.11. The Bertz CT molecular complexity index is 184. The van der Waals surface area contributed by atoms with Gasteiger partial charge in [0.25, 0.3) is 0 Å². The number of nitrogens with one attached hydrogen (secondary N) is 1. The largest absolute Gasteiger partial charge is 0.373 e. The maximum atomic E-state index is 5.88. The Labute approximate surface area is 87.2 Å². The summed E-state index contributed by atoms with van der Waals surface area (Å²) in [7, 11) is 0. The van der Waals surface area contributed by atoms with Crippen molar-refractivity contribution < 1.29 is 9.47 Å². The molecule has 0 amide bonds. The first-order valence-electron chi connectivity index (χ1n) is 5.31. The molecular formula is C11H23NO2. The predicted molar refractivity (Wildman–Crippen MR) is 57.5 cm³/mol. The van der Waals surface area contributed by atoms with Gasteiger partial charge in [0.05, 0.1) is 23.9 Å². The first-order chi connectivity index (χ1) is 6.29. The zero-order valence-corrected chi connectivity index (χ0v) is 10.0. The molecule has 1 N–H and O–H groups in total. The molecule has 0 aromatic heterocycles. The van der Waals surface area contributed by atoms with Gasteiger partial charge >= 0.3 is 0 Å². The van der Waals surface area contributed by atoms with E-state index in [9.17, 15) is 0 Å². The second kappa shape index (κ2) is 4.17. The van der Waals surface area contributed by atoms with Gasteiger partial charge in [-0.15, -0.1) is 0 Å². The van der Waals surface area contributed by atoms with Gasteiger partial charge in [0.2, 0.25) is 0 Å². The Hall–Kier alpha value is -0.120. The molecule has 0 unspecified atom stereocenters. The molecule has 1 atom stereocenters. The number of rotatable bonds is 2. The SMILES string of the molecule is CC(C)(C)OC[C@H]1CNCC(C)(C)O1. The van der Waals surface area contributed by atoms with Gasteiger partial charge in [0, 0.05) is 13.1 Å². The highest BCUT2D eigenvalue weighted by molar-refractivity contribution is 4.81. The summed E-state index contributed by atoms with van der Waals surface area (Å²) < 4.78 is 11.6. The Morgan fingerprint density at radius 2 is 2.07 bits per heavy atom. The van der Waals surface area contributed by atoms with Crippen LogP contribution in [-0.4, -0.2) is 37.0 Å². The molecule has 14 heavy (non-hydrogen) atoms. The fourth-order valence-corrected chi connectivity index (χ4v) is 1.50. The van der Waals surface area contributed by atoms with E-state index in [0.717, 1.165) is 13.1 Å². The third kappa shape index (κ3) is 4.40. The topological polar surface area (TPSA) is 30.5 Å². The molecule has 1 aliphatic rings. The van der Waals surface area contributed by atoms with Gasteiger partial charge in [-0.05, 0) is 34.6 Å². The summed E-state index contributed by atoms with van der Waals surface area (Å²) in [6, 6.07) is 0. The van der Waals surface area contributed by atoms with Crippen molar-refractivity contribution in [1.29, 1.82) is 0 Å². The zero-order valence-electron chi connectivity index (χ0n) is 10.0. The minimum atomic E-state index is -0.0784. The average molecular weight is 201 g/mol. The summed E-state index contributed by atoms with van der Waals surface area (Å²) in [5, 5.41) is 3.36. The second-order valence-corrected chi connectivity index (χ2v) is 5.55. The first kappa shape index (κ1) is 12.0. The summed E-state index contributed by atoms with van der Waals surface area (Å²) in [6.45, 7) is 12.9. The van der Waals surface area contributed by atoms with Crippen LogP contribution in [0.4, 0.5) is 0 Å². The molecule has 3 nitrogen and oxygen atoms in total. The molecule has 3 heteroatoms. The van der Waals surface area contributed by atoms with Crippen molar-refractivity contribution in [3.8, 4) is 0 Å². The summed E-state index contributed by atoms with van der Waals surface area (Å²) >= 11 is 0. The summed E-state index contributed by atoms with van der Waals surface area (Å²) in [4.78, 5) is 0. The maximum Gasteiger partial charge on any atom is 0.0940 e. The quantitative estimate of drug-likeness (QED) is 0.735. The van der Waals surface area contributed by atoms with Crippen LogP contribution in [0.25, 0.3) is 0 Å². The molecule has 1 aliphatic heterocycles. The molecule has 1 heterocycles. The normalized spacial score (nSPS) is 27.6. The van der Waals surface area contributed by atoms with Crippen molar-refractivity contribution in [2.24, 2.45) is 0 Å². The maximum absolute atomic E-state index is 5.88. The lowest BCUT2D eigenvalue weighted by atomic mass is 10.1. The van der Waals surface area contributed by atoms with Crippen LogP contribution >= 0.6 is 0 Å². The molecular weight excluding hydrogens is 178 g/mol. The van der Waals surface area contributed by atoms with Crippen molar-refractivity contribution in [1.82, 2.24) is 5.32 Å². The highest BCUT2D eigenvalue weighted by atomic mass is 16.6. The second-order valence-electron chi connectivity index (χ2n) is 5.55. The number of morpholine rings is 1. The van der Waals surface area contributed by atoms with Crippen LogP contribution in [0.3, 0.4) is 0 Å². The predicted octanol–water partition coefficient (Wildman–Crippen LogP) is 1.57. The van der Waals surface area contributed by atoms with Gasteiger partial charge in [-0.3, -0.25) is 0 Å². The Morgan fingerprint density at radius 3 is 2.57 bits per heavy atom. The van der Waals surface area contributed by atoms with Crippen molar-refractivity contribution in [3.05, 3.63) is 0 Å². The standard InChI is InChI=1S/C11H23NO2/c1-10(2,3)13-7-9-6-12-8-11(4,5)14-9/h9,12H,6-8H2,1-5H3/t9-/m1/s1. The molecule has 0 spiro atoms. The van der Waals surface area contributed by atoms with Gasteiger partial charge in [-0.2, -0.15) is 0 Å². The lowest BCUT2D eigenvalue weighted by Gasteiger charge is -2.37. The lowest BCUT2D eigenvalue weighted by molar-refractivity contribution is -0.140. The molecule has 0 saturated carbocycles. The van der Waals surface area contributed by atoms with E-state index in [1.165, 1.54) is 0 Å².